The molecule has 0 spiro atoms. The van der Waals surface area contributed by atoms with Crippen molar-refractivity contribution in [3.8, 4) is 0 Å². The Bertz CT molecular complexity index is 970. The number of hydrogen-bond acceptors (Lipinski definition) is 6. The van der Waals surface area contributed by atoms with Crippen molar-refractivity contribution >= 4 is 28.4 Å². The summed E-state index contributed by atoms with van der Waals surface area (Å²) in [4.78, 5) is 22.5. The molecule has 3 aromatic rings. The number of rotatable bonds is 5. The lowest BCUT2D eigenvalue weighted by molar-refractivity contribution is -0.116. The van der Waals surface area contributed by atoms with Crippen molar-refractivity contribution in [2.75, 3.05) is 30.5 Å². The summed E-state index contributed by atoms with van der Waals surface area (Å²) >= 11 is 0. The third kappa shape index (κ3) is 3.35. The van der Waals surface area contributed by atoms with Crippen LogP contribution in [0.25, 0.3) is 11.0 Å². The van der Waals surface area contributed by atoms with Gasteiger partial charge < -0.3 is 15.0 Å². The topological polar surface area (TPSA) is 85.2 Å². The first-order valence-corrected chi connectivity index (χ1v) is 8.98. The number of ether oxygens (including phenoxy) is 1. The molecule has 1 unspecified atom stereocenters. The Hall–Kier alpha value is -3.00. The quantitative estimate of drug-likeness (QED) is 0.746. The summed E-state index contributed by atoms with van der Waals surface area (Å²) in [5.74, 6) is 0.810. The van der Waals surface area contributed by atoms with Crippen LogP contribution in [-0.4, -0.2) is 45.9 Å². The van der Waals surface area contributed by atoms with E-state index in [1.54, 1.807) is 14.0 Å². The van der Waals surface area contributed by atoms with Gasteiger partial charge in [0.15, 0.2) is 5.65 Å². The number of nitrogens with one attached hydrogen (secondary N) is 1. The molecule has 4 rings (SSSR count). The predicted octanol–water partition coefficient (Wildman–Crippen LogP) is 2.38. The van der Waals surface area contributed by atoms with Crippen molar-refractivity contribution in [2.45, 2.75) is 25.9 Å². The van der Waals surface area contributed by atoms with Crippen LogP contribution >= 0.6 is 0 Å². The van der Waals surface area contributed by atoms with Crippen molar-refractivity contribution in [3.63, 3.8) is 0 Å². The Morgan fingerprint density at radius 3 is 3.00 bits per heavy atom. The van der Waals surface area contributed by atoms with E-state index >= 15 is 0 Å². The summed E-state index contributed by atoms with van der Waals surface area (Å²) in [7, 11) is 1.67. The van der Waals surface area contributed by atoms with E-state index in [4.69, 9.17) is 4.74 Å². The molecule has 8 heteroatoms. The number of nitrogens with zero attached hydrogens (tertiary/aromatic N) is 5. The summed E-state index contributed by atoms with van der Waals surface area (Å²) in [5.41, 5.74) is 2.70. The lowest BCUT2D eigenvalue weighted by atomic mass is 9.96. The van der Waals surface area contributed by atoms with Gasteiger partial charge in [-0.1, -0.05) is 18.2 Å². The molecule has 0 fully saturated rings. The number of anilines is 2. The molecule has 0 radical (unpaired) electrons. The maximum atomic E-state index is 12.0. The van der Waals surface area contributed by atoms with E-state index in [0.29, 0.717) is 25.3 Å². The number of para-hydroxylation sites is 1. The molecular formula is C19H22N6O2. The number of benzene rings is 1. The van der Waals surface area contributed by atoms with E-state index in [2.05, 4.69) is 26.4 Å². The molecule has 0 saturated carbocycles. The van der Waals surface area contributed by atoms with Gasteiger partial charge in [-0.05, 0) is 18.1 Å². The van der Waals surface area contributed by atoms with Crippen LogP contribution in [0.1, 0.15) is 24.9 Å². The number of carbonyl (C=O) groups excluding carboxylic acids is 1. The lowest BCUT2D eigenvalue weighted by Gasteiger charge is -2.34. The molecule has 1 aromatic carbocycles. The van der Waals surface area contributed by atoms with Crippen LogP contribution < -0.4 is 10.2 Å². The van der Waals surface area contributed by atoms with Crippen LogP contribution in [0.4, 0.5) is 11.5 Å². The van der Waals surface area contributed by atoms with Crippen molar-refractivity contribution in [1.82, 2.24) is 19.7 Å². The fraction of sp³-hybridized carbons (Fsp3) is 0.368. The van der Waals surface area contributed by atoms with E-state index in [1.807, 2.05) is 34.0 Å². The van der Waals surface area contributed by atoms with E-state index in [1.165, 1.54) is 6.33 Å². The summed E-state index contributed by atoms with van der Waals surface area (Å²) in [6.07, 6.45) is 4.27. The number of aromatic nitrogens is 4. The van der Waals surface area contributed by atoms with Crippen molar-refractivity contribution in [3.05, 3.63) is 42.4 Å². The molecule has 1 N–H and O–H groups in total. The van der Waals surface area contributed by atoms with Gasteiger partial charge in [-0.15, -0.1) is 0 Å². The first kappa shape index (κ1) is 17.4. The fourth-order valence-electron chi connectivity index (χ4n) is 3.50. The Balaban J connectivity index is 1.65. The number of carbonyl (C=O) groups is 1. The second-order valence-electron chi connectivity index (χ2n) is 6.56. The van der Waals surface area contributed by atoms with Crippen LogP contribution in [0.2, 0.25) is 0 Å². The van der Waals surface area contributed by atoms with Crippen LogP contribution in [0, 0.1) is 0 Å². The predicted molar refractivity (Wildman–Crippen MR) is 103 cm³/mol. The van der Waals surface area contributed by atoms with Crippen molar-refractivity contribution in [1.29, 1.82) is 0 Å². The molecule has 1 aliphatic heterocycles. The minimum absolute atomic E-state index is 0.0600. The lowest BCUT2D eigenvalue weighted by Crippen LogP contribution is -2.36. The Morgan fingerprint density at radius 2 is 2.19 bits per heavy atom. The smallest absolute Gasteiger partial charge is 0.223 e. The molecule has 2 aromatic heterocycles. The zero-order valence-corrected chi connectivity index (χ0v) is 15.4. The number of hydrogen-bond donors (Lipinski definition) is 1. The Labute approximate surface area is 157 Å². The largest absolute Gasteiger partial charge is 0.383 e. The van der Waals surface area contributed by atoms with Gasteiger partial charge in [0.1, 0.15) is 12.1 Å². The Kier molecular flexibility index (Phi) is 4.72. The zero-order valence-electron chi connectivity index (χ0n) is 15.4. The molecule has 1 amide bonds. The fourth-order valence-corrected chi connectivity index (χ4v) is 3.50. The monoisotopic (exact) mass is 366 g/mol. The third-order valence-electron chi connectivity index (χ3n) is 4.82. The second kappa shape index (κ2) is 7.32. The molecule has 1 aliphatic rings. The van der Waals surface area contributed by atoms with E-state index in [9.17, 15) is 4.79 Å². The summed E-state index contributed by atoms with van der Waals surface area (Å²) in [6.45, 7) is 3.52. The molecule has 1 atom stereocenters. The molecular weight excluding hydrogens is 344 g/mol. The van der Waals surface area contributed by atoms with Gasteiger partial charge in [0, 0.05) is 32.5 Å². The summed E-state index contributed by atoms with van der Waals surface area (Å²) in [6, 6.07) is 8.07. The van der Waals surface area contributed by atoms with Crippen LogP contribution in [0.5, 0.6) is 0 Å². The highest BCUT2D eigenvalue weighted by Gasteiger charge is 2.27. The van der Waals surface area contributed by atoms with Crippen molar-refractivity contribution < 1.29 is 9.53 Å². The standard InChI is InChI=1S/C19H22N6O2/c1-13(26)25-8-7-16(14-5-3-4-6-17(14)25)22-18-15-11-24(9-10-27-2)23-19(15)21-12-20-18/h3-6,11-12,16H,7-10H2,1-2H3,(H,20,21,22,23). The van der Waals surface area contributed by atoms with Gasteiger partial charge in [0.05, 0.1) is 24.6 Å². The van der Waals surface area contributed by atoms with E-state index in [0.717, 1.165) is 28.9 Å². The zero-order chi connectivity index (χ0) is 18.8. The van der Waals surface area contributed by atoms with Gasteiger partial charge in [0.2, 0.25) is 5.91 Å². The maximum absolute atomic E-state index is 12.0. The van der Waals surface area contributed by atoms with Crippen LogP contribution in [0.15, 0.2) is 36.8 Å². The normalized spacial score (nSPS) is 16.4. The minimum atomic E-state index is 0.0600. The van der Waals surface area contributed by atoms with Crippen LogP contribution in [0.3, 0.4) is 0 Å². The van der Waals surface area contributed by atoms with Gasteiger partial charge >= 0.3 is 0 Å². The molecule has 8 nitrogen and oxygen atoms in total. The first-order valence-electron chi connectivity index (χ1n) is 8.98. The van der Waals surface area contributed by atoms with E-state index in [-0.39, 0.29) is 11.9 Å². The number of amides is 1. The Morgan fingerprint density at radius 1 is 1.33 bits per heavy atom. The molecule has 27 heavy (non-hydrogen) atoms. The SMILES string of the molecule is COCCn1cc2c(NC3CCN(C(C)=O)c4ccccc43)ncnc2n1. The summed E-state index contributed by atoms with van der Waals surface area (Å²) in [5, 5.41) is 8.89. The average molecular weight is 366 g/mol. The highest BCUT2D eigenvalue weighted by Crippen LogP contribution is 2.36. The summed E-state index contributed by atoms with van der Waals surface area (Å²) < 4.78 is 6.94. The minimum Gasteiger partial charge on any atom is -0.383 e. The first-order chi connectivity index (χ1) is 13.2. The maximum Gasteiger partial charge on any atom is 0.223 e. The van der Waals surface area contributed by atoms with Crippen molar-refractivity contribution in [2.24, 2.45) is 0 Å². The van der Waals surface area contributed by atoms with Gasteiger partial charge in [-0.3, -0.25) is 9.48 Å². The van der Waals surface area contributed by atoms with Gasteiger partial charge in [-0.2, -0.15) is 5.10 Å². The molecule has 0 bridgehead atoms. The molecule has 0 aliphatic carbocycles. The van der Waals surface area contributed by atoms with Gasteiger partial charge in [-0.25, -0.2) is 9.97 Å². The average Bonchev–Trinajstić information content (AvgIpc) is 3.10. The number of methoxy groups -OCH3 is 1. The van der Waals surface area contributed by atoms with Gasteiger partial charge in [0.25, 0.3) is 0 Å². The second-order valence-corrected chi connectivity index (χ2v) is 6.56. The van der Waals surface area contributed by atoms with Crippen LogP contribution in [-0.2, 0) is 16.1 Å². The van der Waals surface area contributed by atoms with E-state index < -0.39 is 0 Å². The third-order valence-corrected chi connectivity index (χ3v) is 4.82. The highest BCUT2D eigenvalue weighted by atomic mass is 16.5. The number of fused-ring (bicyclic) bond motifs is 2. The molecule has 140 valence electrons. The highest BCUT2D eigenvalue weighted by molar-refractivity contribution is 5.93. The molecule has 3 heterocycles. The molecule has 0 saturated heterocycles.